The van der Waals surface area contributed by atoms with Gasteiger partial charge < -0.3 is 10.4 Å². The number of phenols is 1. The number of aromatic hydroxyl groups is 1. The molecule has 1 heterocycles. The number of hydrogen-bond donors (Lipinski definition) is 2. The van der Waals surface area contributed by atoms with Gasteiger partial charge in [0.15, 0.2) is 0 Å². The first-order valence-corrected chi connectivity index (χ1v) is 6.25. The fourth-order valence-electron chi connectivity index (χ4n) is 1.45. The van der Waals surface area contributed by atoms with Crippen LogP contribution in [-0.2, 0) is 6.42 Å². The summed E-state index contributed by atoms with van der Waals surface area (Å²) in [4.78, 5) is 15.7. The number of carbonyl (C=O) groups is 1. The Hall–Kier alpha value is -1.95. The van der Waals surface area contributed by atoms with Gasteiger partial charge in [-0.2, -0.15) is 0 Å². The van der Waals surface area contributed by atoms with E-state index in [0.717, 1.165) is 11.8 Å². The molecule has 1 amide bonds. The Balaban J connectivity index is 1.91. The first-order chi connectivity index (χ1) is 8.66. The Morgan fingerprint density at radius 1 is 1.50 bits per heavy atom. The molecule has 0 bridgehead atoms. The van der Waals surface area contributed by atoms with E-state index in [1.165, 1.54) is 23.5 Å². The van der Waals surface area contributed by atoms with Crippen LogP contribution in [0.1, 0.15) is 16.1 Å². The molecule has 18 heavy (non-hydrogen) atoms. The number of nitrogens with zero attached hydrogens (tertiary/aromatic N) is 1. The monoisotopic (exact) mass is 266 g/mol. The molecule has 0 saturated carbocycles. The number of halogens is 1. The van der Waals surface area contributed by atoms with Crippen molar-refractivity contribution in [2.45, 2.75) is 6.42 Å². The highest BCUT2D eigenvalue weighted by Crippen LogP contribution is 2.14. The highest BCUT2D eigenvalue weighted by atomic mass is 32.1. The molecule has 0 atom stereocenters. The van der Waals surface area contributed by atoms with Crippen molar-refractivity contribution in [3.05, 3.63) is 46.2 Å². The van der Waals surface area contributed by atoms with Crippen molar-refractivity contribution in [2.75, 3.05) is 6.54 Å². The second kappa shape index (κ2) is 5.59. The van der Waals surface area contributed by atoms with Crippen molar-refractivity contribution in [3.63, 3.8) is 0 Å². The Kier molecular flexibility index (Phi) is 3.88. The molecule has 2 aromatic rings. The lowest BCUT2D eigenvalue weighted by molar-refractivity contribution is 0.0950. The van der Waals surface area contributed by atoms with Crippen LogP contribution >= 0.6 is 11.3 Å². The van der Waals surface area contributed by atoms with Crippen LogP contribution in [0.4, 0.5) is 4.39 Å². The average Bonchev–Trinajstić information content (AvgIpc) is 2.81. The lowest BCUT2D eigenvalue weighted by atomic mass is 10.2. The first-order valence-electron chi connectivity index (χ1n) is 5.30. The average molecular weight is 266 g/mol. The molecule has 0 radical (unpaired) electrons. The lowest BCUT2D eigenvalue weighted by Crippen LogP contribution is -2.26. The van der Waals surface area contributed by atoms with Gasteiger partial charge in [0.1, 0.15) is 11.6 Å². The van der Waals surface area contributed by atoms with E-state index in [2.05, 4.69) is 10.3 Å². The molecule has 0 saturated heterocycles. The Morgan fingerprint density at radius 3 is 3.00 bits per heavy atom. The van der Waals surface area contributed by atoms with Crippen LogP contribution in [0, 0.1) is 5.82 Å². The number of amides is 1. The molecule has 4 nitrogen and oxygen atoms in total. The van der Waals surface area contributed by atoms with E-state index >= 15 is 0 Å². The van der Waals surface area contributed by atoms with Crippen molar-refractivity contribution in [1.29, 1.82) is 0 Å². The molecular weight excluding hydrogens is 255 g/mol. The highest BCUT2D eigenvalue weighted by Gasteiger charge is 2.11. The van der Waals surface area contributed by atoms with Crippen molar-refractivity contribution in [1.82, 2.24) is 10.3 Å². The molecule has 1 aromatic heterocycles. The predicted octanol–water partition coefficient (Wildman–Crippen LogP) is 1.96. The van der Waals surface area contributed by atoms with Gasteiger partial charge in [0, 0.05) is 24.4 Å². The van der Waals surface area contributed by atoms with Gasteiger partial charge in [0.05, 0.1) is 16.8 Å². The lowest BCUT2D eigenvalue weighted by Gasteiger charge is -2.05. The molecule has 0 aliphatic rings. The zero-order valence-electron chi connectivity index (χ0n) is 9.39. The fourth-order valence-corrected chi connectivity index (χ4v) is 2.04. The number of rotatable bonds is 4. The van der Waals surface area contributed by atoms with Crippen molar-refractivity contribution in [3.8, 4) is 5.75 Å². The summed E-state index contributed by atoms with van der Waals surface area (Å²) in [6.07, 6.45) is 0.606. The Bertz CT molecular complexity index is 543. The maximum Gasteiger partial charge on any atom is 0.254 e. The normalized spacial score (nSPS) is 10.3. The van der Waals surface area contributed by atoms with E-state index in [0.29, 0.717) is 13.0 Å². The van der Waals surface area contributed by atoms with Crippen LogP contribution in [0.25, 0.3) is 0 Å². The second-order valence-corrected chi connectivity index (χ2v) is 4.37. The molecule has 94 valence electrons. The SMILES string of the molecule is O=C(NCCc1cscn1)c1ccc(O)cc1F. The zero-order valence-corrected chi connectivity index (χ0v) is 10.2. The number of aromatic nitrogens is 1. The summed E-state index contributed by atoms with van der Waals surface area (Å²) in [7, 11) is 0. The van der Waals surface area contributed by atoms with Crippen LogP contribution in [0.5, 0.6) is 5.75 Å². The predicted molar refractivity (Wildman–Crippen MR) is 66.2 cm³/mol. The topological polar surface area (TPSA) is 62.2 Å². The largest absolute Gasteiger partial charge is 0.508 e. The number of phenolic OH excluding ortho intramolecular Hbond substituents is 1. The van der Waals surface area contributed by atoms with Gasteiger partial charge in [-0.3, -0.25) is 4.79 Å². The van der Waals surface area contributed by atoms with Gasteiger partial charge in [-0.25, -0.2) is 9.37 Å². The summed E-state index contributed by atoms with van der Waals surface area (Å²) >= 11 is 1.49. The minimum Gasteiger partial charge on any atom is -0.508 e. The summed E-state index contributed by atoms with van der Waals surface area (Å²) in [5, 5.41) is 13.5. The molecule has 1 aromatic carbocycles. The quantitative estimate of drug-likeness (QED) is 0.889. The number of hydrogen-bond acceptors (Lipinski definition) is 4. The van der Waals surface area contributed by atoms with Gasteiger partial charge in [-0.1, -0.05) is 0 Å². The van der Waals surface area contributed by atoms with Gasteiger partial charge >= 0.3 is 0 Å². The summed E-state index contributed by atoms with van der Waals surface area (Å²) < 4.78 is 13.4. The van der Waals surface area contributed by atoms with E-state index in [9.17, 15) is 9.18 Å². The van der Waals surface area contributed by atoms with Gasteiger partial charge in [-0.05, 0) is 12.1 Å². The molecule has 0 aliphatic heterocycles. The van der Waals surface area contributed by atoms with E-state index < -0.39 is 11.7 Å². The molecule has 0 unspecified atom stereocenters. The third-order valence-corrected chi connectivity index (χ3v) is 2.98. The Labute approximate surface area is 107 Å². The Morgan fingerprint density at radius 2 is 2.33 bits per heavy atom. The molecule has 0 fully saturated rings. The molecule has 2 N–H and O–H groups in total. The van der Waals surface area contributed by atoms with E-state index in [4.69, 9.17) is 5.11 Å². The minimum atomic E-state index is -0.735. The number of benzene rings is 1. The summed E-state index contributed by atoms with van der Waals surface area (Å²) in [5.41, 5.74) is 2.54. The molecular formula is C12H11FN2O2S. The van der Waals surface area contributed by atoms with E-state index in [1.54, 1.807) is 5.51 Å². The highest BCUT2D eigenvalue weighted by molar-refractivity contribution is 7.07. The third kappa shape index (κ3) is 3.04. The van der Waals surface area contributed by atoms with Gasteiger partial charge in [-0.15, -0.1) is 11.3 Å². The molecule has 0 spiro atoms. The smallest absolute Gasteiger partial charge is 0.254 e. The minimum absolute atomic E-state index is 0.0777. The maximum absolute atomic E-state index is 13.4. The summed E-state index contributed by atoms with van der Waals surface area (Å²) in [5.74, 6) is -1.43. The second-order valence-electron chi connectivity index (χ2n) is 3.65. The first kappa shape index (κ1) is 12.5. The van der Waals surface area contributed by atoms with E-state index in [1.807, 2.05) is 5.38 Å². The molecule has 6 heteroatoms. The summed E-state index contributed by atoms with van der Waals surface area (Å²) in [6, 6.07) is 3.44. The molecule has 0 aliphatic carbocycles. The van der Waals surface area contributed by atoms with Crippen LogP contribution in [0.15, 0.2) is 29.1 Å². The number of nitrogens with one attached hydrogen (secondary N) is 1. The van der Waals surface area contributed by atoms with Crippen LogP contribution < -0.4 is 5.32 Å². The maximum atomic E-state index is 13.4. The van der Waals surface area contributed by atoms with Crippen molar-refractivity contribution in [2.24, 2.45) is 0 Å². The number of carbonyl (C=O) groups excluding carboxylic acids is 1. The van der Waals surface area contributed by atoms with Crippen LogP contribution in [0.2, 0.25) is 0 Å². The van der Waals surface area contributed by atoms with Crippen LogP contribution in [-0.4, -0.2) is 22.5 Å². The third-order valence-electron chi connectivity index (χ3n) is 2.35. The van der Waals surface area contributed by atoms with Gasteiger partial charge in [0.2, 0.25) is 0 Å². The zero-order chi connectivity index (χ0) is 13.0. The van der Waals surface area contributed by atoms with E-state index in [-0.39, 0.29) is 11.3 Å². The van der Waals surface area contributed by atoms with Crippen molar-refractivity contribution < 1.29 is 14.3 Å². The fraction of sp³-hybridized carbons (Fsp3) is 0.167. The van der Waals surface area contributed by atoms with Crippen LogP contribution in [0.3, 0.4) is 0 Å². The standard InChI is InChI=1S/C12H11FN2O2S/c13-11-5-9(16)1-2-10(11)12(17)14-4-3-8-6-18-7-15-8/h1-2,5-7,16H,3-4H2,(H,14,17). The van der Waals surface area contributed by atoms with Gasteiger partial charge in [0.25, 0.3) is 5.91 Å². The summed E-state index contributed by atoms with van der Waals surface area (Å²) in [6.45, 7) is 0.392. The van der Waals surface area contributed by atoms with Crippen molar-refractivity contribution >= 4 is 17.2 Å². The molecule has 2 rings (SSSR count). The number of thiazole rings is 1.